The lowest BCUT2D eigenvalue weighted by molar-refractivity contribution is 0.380. The highest BCUT2D eigenvalue weighted by Crippen LogP contribution is 2.15. The number of aryl methyl sites for hydroxylation is 2. The van der Waals surface area contributed by atoms with Crippen LogP contribution < -0.4 is 10.6 Å². The van der Waals surface area contributed by atoms with E-state index in [1.807, 2.05) is 6.07 Å². The molecule has 0 aliphatic rings. The Morgan fingerprint density at radius 1 is 1.22 bits per heavy atom. The molecular weight excluding hydrogens is 314 g/mol. The second-order valence-electron chi connectivity index (χ2n) is 5.01. The summed E-state index contributed by atoms with van der Waals surface area (Å²) in [4.78, 5) is 8.29. The molecule has 0 aliphatic carbocycles. The van der Waals surface area contributed by atoms with E-state index in [1.54, 1.807) is 19.3 Å². The van der Waals surface area contributed by atoms with Gasteiger partial charge < -0.3 is 15.2 Å². The molecular formula is C16H22ClN5O. The molecule has 2 rings (SSSR count). The Bertz CT molecular complexity index is 629. The highest BCUT2D eigenvalue weighted by Gasteiger charge is 2.13. The van der Waals surface area contributed by atoms with E-state index in [1.165, 1.54) is 0 Å². The summed E-state index contributed by atoms with van der Waals surface area (Å²) in [5.74, 6) is 1.64. The van der Waals surface area contributed by atoms with Gasteiger partial charge in [-0.3, -0.25) is 4.99 Å². The molecule has 0 aliphatic heterocycles. The van der Waals surface area contributed by atoms with E-state index in [-0.39, 0.29) is 0 Å². The number of halogens is 1. The molecule has 2 aromatic rings. The fourth-order valence-electron chi connectivity index (χ4n) is 2.23. The third-order valence-corrected chi connectivity index (χ3v) is 3.74. The summed E-state index contributed by atoms with van der Waals surface area (Å²) < 4.78 is 5.37. The first-order valence-electron chi connectivity index (χ1n) is 7.69. The minimum Gasteiger partial charge on any atom is -0.361 e. The van der Waals surface area contributed by atoms with Gasteiger partial charge in [0.25, 0.3) is 0 Å². The van der Waals surface area contributed by atoms with Gasteiger partial charge >= 0.3 is 0 Å². The van der Waals surface area contributed by atoms with Crippen molar-refractivity contribution in [1.29, 1.82) is 0 Å². The minimum atomic E-state index is 0.489. The number of aliphatic imine (C=N–C) groups is 1. The normalized spacial score (nSPS) is 11.6. The molecule has 2 N–H and O–H groups in total. The molecule has 6 nitrogen and oxygen atoms in total. The third-order valence-electron chi connectivity index (χ3n) is 3.51. The molecule has 0 saturated carbocycles. The van der Waals surface area contributed by atoms with Gasteiger partial charge in [0.05, 0.1) is 5.69 Å². The van der Waals surface area contributed by atoms with Crippen LogP contribution in [-0.2, 0) is 25.9 Å². The number of guanidine groups is 1. The Labute approximate surface area is 141 Å². The van der Waals surface area contributed by atoms with Crippen molar-refractivity contribution in [3.8, 4) is 0 Å². The van der Waals surface area contributed by atoms with Crippen LogP contribution in [0.5, 0.6) is 0 Å². The fraction of sp³-hybridized carbons (Fsp3) is 0.438. The molecule has 0 saturated heterocycles. The van der Waals surface area contributed by atoms with Crippen molar-refractivity contribution < 1.29 is 4.52 Å². The van der Waals surface area contributed by atoms with Gasteiger partial charge in [-0.1, -0.05) is 36.7 Å². The number of nitrogens with one attached hydrogen (secondary N) is 2. The maximum Gasteiger partial charge on any atom is 0.191 e. The summed E-state index contributed by atoms with van der Waals surface area (Å²) in [6.45, 7) is 5.38. The topological polar surface area (TPSA) is 75.3 Å². The molecule has 0 fully saturated rings. The lowest BCUT2D eigenvalue weighted by Crippen LogP contribution is -2.36. The molecule has 0 spiro atoms. The van der Waals surface area contributed by atoms with E-state index in [0.717, 1.165) is 35.4 Å². The van der Waals surface area contributed by atoms with Crippen LogP contribution in [0.15, 0.2) is 27.8 Å². The molecule has 0 aromatic carbocycles. The van der Waals surface area contributed by atoms with E-state index in [0.29, 0.717) is 24.2 Å². The molecule has 7 heteroatoms. The second kappa shape index (κ2) is 8.53. The van der Waals surface area contributed by atoms with Gasteiger partial charge in [-0.25, -0.2) is 4.98 Å². The van der Waals surface area contributed by atoms with Crippen molar-refractivity contribution in [3.05, 3.63) is 46.1 Å². The van der Waals surface area contributed by atoms with Crippen LogP contribution in [0, 0.1) is 0 Å². The van der Waals surface area contributed by atoms with Gasteiger partial charge in [-0.2, -0.15) is 0 Å². The summed E-state index contributed by atoms with van der Waals surface area (Å²) in [6, 6.07) is 3.70. The molecule has 0 atom stereocenters. The highest BCUT2D eigenvalue weighted by atomic mass is 35.5. The number of nitrogens with zero attached hydrogens (tertiary/aromatic N) is 3. The molecule has 0 bridgehead atoms. The number of rotatable bonds is 6. The van der Waals surface area contributed by atoms with E-state index >= 15 is 0 Å². The van der Waals surface area contributed by atoms with Gasteiger partial charge in [0.2, 0.25) is 0 Å². The summed E-state index contributed by atoms with van der Waals surface area (Å²) in [5, 5.41) is 11.1. The van der Waals surface area contributed by atoms with Gasteiger partial charge in [0.15, 0.2) is 5.96 Å². The molecule has 0 unspecified atom stereocenters. The molecule has 2 heterocycles. The highest BCUT2D eigenvalue weighted by molar-refractivity contribution is 6.29. The number of hydrogen-bond acceptors (Lipinski definition) is 4. The van der Waals surface area contributed by atoms with Gasteiger partial charge in [0.1, 0.15) is 10.9 Å². The van der Waals surface area contributed by atoms with Crippen molar-refractivity contribution in [1.82, 2.24) is 20.8 Å². The Kier molecular flexibility index (Phi) is 6.40. The van der Waals surface area contributed by atoms with Crippen LogP contribution >= 0.6 is 11.6 Å². The second-order valence-corrected chi connectivity index (χ2v) is 5.39. The number of pyridine rings is 1. The zero-order valence-corrected chi connectivity index (χ0v) is 14.4. The van der Waals surface area contributed by atoms with Crippen molar-refractivity contribution in [2.24, 2.45) is 4.99 Å². The molecule has 0 radical (unpaired) electrons. The van der Waals surface area contributed by atoms with Crippen LogP contribution in [0.4, 0.5) is 0 Å². The lowest BCUT2D eigenvalue weighted by atomic mass is 10.1. The van der Waals surface area contributed by atoms with E-state index in [2.05, 4.69) is 39.6 Å². The zero-order chi connectivity index (χ0) is 16.7. The number of hydrogen-bond donors (Lipinski definition) is 2. The first-order chi connectivity index (χ1) is 11.2. The third kappa shape index (κ3) is 4.69. The maximum atomic E-state index is 5.78. The average Bonchev–Trinajstić information content (AvgIpc) is 2.98. The van der Waals surface area contributed by atoms with Crippen molar-refractivity contribution in [3.63, 3.8) is 0 Å². The maximum absolute atomic E-state index is 5.78. The van der Waals surface area contributed by atoms with E-state index in [9.17, 15) is 0 Å². The quantitative estimate of drug-likeness (QED) is 0.482. The lowest BCUT2D eigenvalue weighted by Gasteiger charge is -2.12. The summed E-state index contributed by atoms with van der Waals surface area (Å²) in [7, 11) is 1.74. The Balaban J connectivity index is 1.93. The van der Waals surface area contributed by atoms with Gasteiger partial charge in [-0.05, 0) is 18.1 Å². The average molecular weight is 336 g/mol. The largest absolute Gasteiger partial charge is 0.361 e. The summed E-state index contributed by atoms with van der Waals surface area (Å²) in [5.41, 5.74) is 3.14. The standard InChI is InChI=1S/C16H22ClN5O/c1-4-13-12(14(5-2)23-22-13)10-21-16(18-3)20-9-11-6-7-15(17)19-8-11/h6-8H,4-5,9-10H2,1-3H3,(H2,18,20,21). The smallest absolute Gasteiger partial charge is 0.191 e. The molecule has 0 amide bonds. The first kappa shape index (κ1) is 17.3. The van der Waals surface area contributed by atoms with Crippen LogP contribution in [0.25, 0.3) is 0 Å². The molecule has 23 heavy (non-hydrogen) atoms. The Morgan fingerprint density at radius 3 is 2.61 bits per heavy atom. The minimum absolute atomic E-state index is 0.489. The molecule has 2 aromatic heterocycles. The van der Waals surface area contributed by atoms with Crippen molar-refractivity contribution in [2.75, 3.05) is 7.05 Å². The molecule has 124 valence electrons. The van der Waals surface area contributed by atoms with Crippen LogP contribution in [-0.4, -0.2) is 23.1 Å². The van der Waals surface area contributed by atoms with Gasteiger partial charge in [0, 0.05) is 38.3 Å². The Hall–Kier alpha value is -2.08. The monoisotopic (exact) mass is 335 g/mol. The van der Waals surface area contributed by atoms with Gasteiger partial charge in [-0.15, -0.1) is 0 Å². The van der Waals surface area contributed by atoms with E-state index in [4.69, 9.17) is 16.1 Å². The van der Waals surface area contributed by atoms with E-state index < -0.39 is 0 Å². The van der Waals surface area contributed by atoms with Crippen LogP contribution in [0.3, 0.4) is 0 Å². The van der Waals surface area contributed by atoms with Crippen molar-refractivity contribution in [2.45, 2.75) is 39.8 Å². The SMILES string of the molecule is CCc1noc(CC)c1CNC(=NC)NCc1ccc(Cl)nc1. The Morgan fingerprint density at radius 2 is 2.00 bits per heavy atom. The van der Waals surface area contributed by atoms with Crippen molar-refractivity contribution >= 4 is 17.6 Å². The van der Waals surface area contributed by atoms with Crippen LogP contribution in [0.2, 0.25) is 5.15 Å². The number of aromatic nitrogens is 2. The fourth-order valence-corrected chi connectivity index (χ4v) is 2.34. The predicted octanol–water partition coefficient (Wildman–Crippen LogP) is 2.71. The van der Waals surface area contributed by atoms with Crippen LogP contribution in [0.1, 0.15) is 36.4 Å². The first-order valence-corrected chi connectivity index (χ1v) is 8.06. The summed E-state index contributed by atoms with van der Waals surface area (Å²) in [6.07, 6.45) is 3.42. The summed E-state index contributed by atoms with van der Waals surface area (Å²) >= 11 is 5.78. The predicted molar refractivity (Wildman–Crippen MR) is 91.5 cm³/mol. The zero-order valence-electron chi connectivity index (χ0n) is 13.7.